The van der Waals surface area contributed by atoms with Crippen LogP contribution in [0.2, 0.25) is 0 Å². The van der Waals surface area contributed by atoms with E-state index in [2.05, 4.69) is 17.2 Å². The van der Waals surface area contributed by atoms with Crippen molar-refractivity contribution in [2.24, 2.45) is 5.92 Å². The lowest BCUT2D eigenvalue weighted by Crippen LogP contribution is -2.33. The Morgan fingerprint density at radius 2 is 2.29 bits per heavy atom. The number of nitrogens with one attached hydrogen (secondary N) is 1. The van der Waals surface area contributed by atoms with Gasteiger partial charge in [-0.1, -0.05) is 13.0 Å². The molecule has 0 aromatic carbocycles. The van der Waals surface area contributed by atoms with Gasteiger partial charge in [-0.15, -0.1) is 0 Å². The Labute approximate surface area is 125 Å². The van der Waals surface area contributed by atoms with Gasteiger partial charge in [0.05, 0.1) is 13.2 Å². The molecule has 0 saturated carbocycles. The molecule has 1 aliphatic heterocycles. The summed E-state index contributed by atoms with van der Waals surface area (Å²) in [6.07, 6.45) is 7.44. The molecule has 0 radical (unpaired) electrons. The molecule has 114 valence electrons. The number of amides is 1. The molecule has 21 heavy (non-hydrogen) atoms. The Kier molecular flexibility index (Phi) is 5.47. The minimum Gasteiger partial charge on any atom is -0.352 e. The van der Waals surface area contributed by atoms with E-state index in [0.29, 0.717) is 19.8 Å². The smallest absolute Gasteiger partial charge is 0.244 e. The first-order chi connectivity index (χ1) is 10.1. The van der Waals surface area contributed by atoms with E-state index in [0.717, 1.165) is 12.0 Å². The number of rotatable bonds is 6. The summed E-state index contributed by atoms with van der Waals surface area (Å²) in [5, 5.41) is 2.89. The van der Waals surface area contributed by atoms with Crippen LogP contribution in [0.5, 0.6) is 0 Å². The summed E-state index contributed by atoms with van der Waals surface area (Å²) in [5.41, 5.74) is 0.904. The highest BCUT2D eigenvalue weighted by molar-refractivity contribution is 5.91. The van der Waals surface area contributed by atoms with Crippen molar-refractivity contribution in [1.82, 2.24) is 10.3 Å². The Morgan fingerprint density at radius 1 is 1.52 bits per heavy atom. The Bertz CT molecular complexity index is 482. The summed E-state index contributed by atoms with van der Waals surface area (Å²) in [7, 11) is 0. The van der Waals surface area contributed by atoms with E-state index in [1.807, 2.05) is 19.1 Å². The number of pyridine rings is 1. The highest BCUT2D eigenvalue weighted by Gasteiger charge is 2.32. The summed E-state index contributed by atoms with van der Waals surface area (Å²) < 4.78 is 11.1. The van der Waals surface area contributed by atoms with Gasteiger partial charge >= 0.3 is 0 Å². The lowest BCUT2D eigenvalue weighted by Gasteiger charge is -2.25. The minimum atomic E-state index is -0.504. The first-order valence-corrected chi connectivity index (χ1v) is 7.21. The van der Waals surface area contributed by atoms with Crippen molar-refractivity contribution in [3.63, 3.8) is 0 Å². The average molecular weight is 290 g/mol. The molecule has 0 bridgehead atoms. The Morgan fingerprint density at radius 3 is 2.95 bits per heavy atom. The Hall–Kier alpha value is -1.72. The van der Waals surface area contributed by atoms with Gasteiger partial charge in [-0.2, -0.15) is 0 Å². The van der Waals surface area contributed by atoms with Gasteiger partial charge in [0, 0.05) is 31.4 Å². The van der Waals surface area contributed by atoms with Crippen LogP contribution in [0.1, 0.15) is 25.8 Å². The van der Waals surface area contributed by atoms with Crippen LogP contribution in [-0.2, 0) is 14.3 Å². The predicted molar refractivity (Wildman–Crippen MR) is 80.4 cm³/mol. The van der Waals surface area contributed by atoms with Crippen molar-refractivity contribution in [3.8, 4) is 0 Å². The molecule has 5 nitrogen and oxygen atoms in total. The number of carbonyl (C=O) groups excluding carboxylic acids is 1. The van der Waals surface area contributed by atoms with Crippen LogP contribution < -0.4 is 5.32 Å². The van der Waals surface area contributed by atoms with Crippen LogP contribution in [0, 0.1) is 5.92 Å². The molecule has 0 aliphatic carbocycles. The van der Waals surface area contributed by atoms with Crippen molar-refractivity contribution in [2.45, 2.75) is 26.1 Å². The van der Waals surface area contributed by atoms with E-state index in [4.69, 9.17) is 9.47 Å². The van der Waals surface area contributed by atoms with Gasteiger partial charge < -0.3 is 14.8 Å². The fraction of sp³-hybridized carbons (Fsp3) is 0.500. The van der Waals surface area contributed by atoms with Crippen LogP contribution in [0.25, 0.3) is 6.08 Å². The molecular formula is C16H22N2O3. The molecular weight excluding hydrogens is 268 g/mol. The third-order valence-electron chi connectivity index (χ3n) is 3.35. The number of ether oxygens (including phenoxy) is 2. The predicted octanol–water partition coefficient (Wildman–Crippen LogP) is 2.00. The topological polar surface area (TPSA) is 60.5 Å². The van der Waals surface area contributed by atoms with Crippen molar-refractivity contribution in [1.29, 1.82) is 0 Å². The van der Waals surface area contributed by atoms with Gasteiger partial charge in [-0.3, -0.25) is 9.78 Å². The van der Waals surface area contributed by atoms with Crippen LogP contribution in [0.4, 0.5) is 0 Å². The van der Waals surface area contributed by atoms with Gasteiger partial charge in [0.1, 0.15) is 0 Å². The lowest BCUT2D eigenvalue weighted by atomic mass is 10.0. The number of nitrogens with zero attached hydrogens (tertiary/aromatic N) is 1. The third kappa shape index (κ3) is 5.28. The molecule has 0 spiro atoms. The van der Waals surface area contributed by atoms with E-state index in [-0.39, 0.29) is 11.8 Å². The van der Waals surface area contributed by atoms with E-state index in [1.54, 1.807) is 18.5 Å². The zero-order chi connectivity index (χ0) is 15.1. The molecule has 2 rings (SSSR count). The molecule has 5 heteroatoms. The van der Waals surface area contributed by atoms with Gasteiger partial charge in [0.25, 0.3) is 0 Å². The van der Waals surface area contributed by atoms with Gasteiger partial charge in [-0.25, -0.2) is 0 Å². The van der Waals surface area contributed by atoms with E-state index in [9.17, 15) is 4.79 Å². The summed E-state index contributed by atoms with van der Waals surface area (Å²) in [5.74, 6) is -0.330. The molecule has 2 heterocycles. The summed E-state index contributed by atoms with van der Waals surface area (Å²) in [6, 6.07) is 3.73. The highest BCUT2D eigenvalue weighted by atomic mass is 16.7. The number of hydrogen-bond acceptors (Lipinski definition) is 4. The molecule has 0 unspecified atom stereocenters. The highest BCUT2D eigenvalue weighted by Crippen LogP contribution is 2.26. The van der Waals surface area contributed by atoms with Crippen LogP contribution in [-0.4, -0.2) is 36.4 Å². The zero-order valence-electron chi connectivity index (χ0n) is 12.5. The zero-order valence-corrected chi connectivity index (χ0v) is 12.5. The average Bonchev–Trinajstić information content (AvgIpc) is 2.90. The number of carbonyl (C=O) groups is 1. The quantitative estimate of drug-likeness (QED) is 0.814. The first kappa shape index (κ1) is 15.7. The van der Waals surface area contributed by atoms with E-state index >= 15 is 0 Å². The monoisotopic (exact) mass is 290 g/mol. The first-order valence-electron chi connectivity index (χ1n) is 7.21. The second-order valence-electron chi connectivity index (χ2n) is 5.50. The molecule has 1 aliphatic rings. The van der Waals surface area contributed by atoms with Gasteiger partial charge in [0.2, 0.25) is 5.91 Å². The summed E-state index contributed by atoms with van der Waals surface area (Å²) >= 11 is 0. The van der Waals surface area contributed by atoms with Crippen molar-refractivity contribution in [2.75, 3.05) is 19.8 Å². The summed E-state index contributed by atoms with van der Waals surface area (Å²) in [4.78, 5) is 15.7. The largest absolute Gasteiger partial charge is 0.352 e. The van der Waals surface area contributed by atoms with E-state index in [1.165, 1.54) is 6.08 Å². The maximum atomic E-state index is 11.8. The maximum absolute atomic E-state index is 11.8. The van der Waals surface area contributed by atoms with E-state index < -0.39 is 5.79 Å². The molecule has 1 aromatic rings. The second kappa shape index (κ2) is 7.33. The fourth-order valence-electron chi connectivity index (χ4n) is 2.36. The standard InChI is InChI=1S/C16H22N2O3/c1-13(10-16(2)20-8-9-21-16)11-18-15(19)6-5-14-4-3-7-17-12-14/h3-7,12-13H,8-11H2,1-2H3,(H,18,19)/b6-5+/t13-/m1/s1. The third-order valence-corrected chi connectivity index (χ3v) is 3.35. The molecule has 1 fully saturated rings. The maximum Gasteiger partial charge on any atom is 0.244 e. The fourth-order valence-corrected chi connectivity index (χ4v) is 2.36. The van der Waals surface area contributed by atoms with Gasteiger partial charge in [0.15, 0.2) is 5.79 Å². The molecule has 1 aromatic heterocycles. The second-order valence-corrected chi connectivity index (χ2v) is 5.50. The molecule has 1 N–H and O–H groups in total. The molecule has 1 amide bonds. The van der Waals surface area contributed by atoms with Crippen LogP contribution >= 0.6 is 0 Å². The normalized spacial score (nSPS) is 18.8. The van der Waals surface area contributed by atoms with Gasteiger partial charge in [-0.05, 0) is 30.5 Å². The molecule has 1 atom stereocenters. The lowest BCUT2D eigenvalue weighted by molar-refractivity contribution is -0.154. The van der Waals surface area contributed by atoms with Crippen molar-refractivity contribution < 1.29 is 14.3 Å². The summed E-state index contributed by atoms with van der Waals surface area (Å²) in [6.45, 7) is 5.90. The van der Waals surface area contributed by atoms with Crippen LogP contribution in [0.15, 0.2) is 30.6 Å². The Balaban J connectivity index is 1.72. The van der Waals surface area contributed by atoms with Crippen molar-refractivity contribution >= 4 is 12.0 Å². The molecule has 1 saturated heterocycles. The SMILES string of the molecule is C[C@@H](CNC(=O)/C=C/c1cccnc1)CC1(C)OCCO1. The number of hydrogen-bond donors (Lipinski definition) is 1. The minimum absolute atomic E-state index is 0.107. The van der Waals surface area contributed by atoms with Crippen LogP contribution in [0.3, 0.4) is 0 Å². The number of aromatic nitrogens is 1. The van der Waals surface area contributed by atoms with Crippen molar-refractivity contribution in [3.05, 3.63) is 36.2 Å².